The zero-order chi connectivity index (χ0) is 9.27. The van der Waals surface area contributed by atoms with Gasteiger partial charge >= 0.3 is 72.6 Å². The number of benzene rings is 1. The standard InChI is InChI=1S/C7H8F3PS/c1-12-11(8,9,10)7-5-3-2-4-6-7/h2-6H,1H3. The monoisotopic (exact) mass is 212 g/mol. The van der Waals surface area contributed by atoms with Crippen LogP contribution in [0.1, 0.15) is 0 Å². The summed E-state index contributed by atoms with van der Waals surface area (Å²) in [6.45, 7) is -6.10. The van der Waals surface area contributed by atoms with E-state index in [1.165, 1.54) is 12.1 Å². The SMILES string of the molecule is CSP(F)(F)(F)c1ccccc1. The van der Waals surface area contributed by atoms with Crippen molar-refractivity contribution >= 4 is 23.4 Å². The second-order valence-electron chi connectivity index (χ2n) is 2.26. The second kappa shape index (κ2) is 2.93. The molecule has 1 aromatic rings. The van der Waals surface area contributed by atoms with E-state index < -0.39 is 12.0 Å². The molecule has 0 N–H and O–H groups in total. The normalized spacial score (nSPS) is 15.2. The molecule has 1 rings (SSSR count). The minimum atomic E-state index is -6.10. The van der Waals surface area contributed by atoms with Crippen LogP contribution in [0, 0.1) is 0 Å². The molecule has 0 atom stereocenters. The second-order valence-corrected chi connectivity index (χ2v) is 7.52. The summed E-state index contributed by atoms with van der Waals surface area (Å²) in [6, 6.07) is 6.64. The van der Waals surface area contributed by atoms with Crippen molar-refractivity contribution in [1.82, 2.24) is 0 Å². The van der Waals surface area contributed by atoms with Crippen molar-refractivity contribution in [2.24, 2.45) is 0 Å². The molecule has 0 fully saturated rings. The summed E-state index contributed by atoms with van der Waals surface area (Å²) >= 11 is 0.0131. The Kier molecular flexibility index (Phi) is 2.41. The third kappa shape index (κ3) is 1.93. The fourth-order valence-electron chi connectivity index (χ4n) is 0.763. The number of hydrogen-bond acceptors (Lipinski definition) is 1. The number of rotatable bonds is 2. The number of hydrogen-bond donors (Lipinski definition) is 0. The molecule has 1 aromatic carbocycles. The van der Waals surface area contributed by atoms with Crippen molar-refractivity contribution in [3.63, 3.8) is 0 Å². The summed E-state index contributed by atoms with van der Waals surface area (Å²) in [5.41, 5.74) is 0. The van der Waals surface area contributed by atoms with Crippen LogP contribution in [-0.4, -0.2) is 6.26 Å². The molecule has 0 aliphatic carbocycles. The van der Waals surface area contributed by atoms with Gasteiger partial charge in [-0.15, -0.1) is 0 Å². The molecule has 0 heterocycles. The first-order valence-corrected chi connectivity index (χ1v) is 6.97. The van der Waals surface area contributed by atoms with E-state index in [1.54, 1.807) is 6.07 Å². The van der Waals surface area contributed by atoms with Crippen LogP contribution in [0.2, 0.25) is 0 Å². The van der Waals surface area contributed by atoms with Gasteiger partial charge in [0.05, 0.1) is 0 Å². The molecule has 0 aromatic heterocycles. The van der Waals surface area contributed by atoms with Crippen LogP contribution in [0.5, 0.6) is 0 Å². The van der Waals surface area contributed by atoms with Gasteiger partial charge < -0.3 is 0 Å². The quantitative estimate of drug-likeness (QED) is 0.672. The molecule has 0 spiro atoms. The third-order valence-electron chi connectivity index (χ3n) is 1.45. The molecule has 0 saturated carbocycles. The van der Waals surface area contributed by atoms with E-state index in [4.69, 9.17) is 0 Å². The fourth-order valence-corrected chi connectivity index (χ4v) is 2.60. The van der Waals surface area contributed by atoms with E-state index in [9.17, 15) is 12.6 Å². The molecule has 0 aliphatic rings. The van der Waals surface area contributed by atoms with Gasteiger partial charge in [0.1, 0.15) is 0 Å². The van der Waals surface area contributed by atoms with Gasteiger partial charge in [-0.05, 0) is 0 Å². The van der Waals surface area contributed by atoms with Crippen LogP contribution >= 0.6 is 18.1 Å². The van der Waals surface area contributed by atoms with Crippen molar-refractivity contribution in [2.45, 2.75) is 0 Å². The molecule has 0 nitrogen and oxygen atoms in total. The molecule has 0 aliphatic heterocycles. The maximum absolute atomic E-state index is 13.0. The molecule has 0 saturated heterocycles. The summed E-state index contributed by atoms with van der Waals surface area (Å²) < 4.78 is 39.0. The molecule has 0 unspecified atom stereocenters. The minimum absolute atomic E-state index is 0.0131. The van der Waals surface area contributed by atoms with Crippen LogP contribution in [-0.2, 0) is 0 Å². The fraction of sp³-hybridized carbons (Fsp3) is 0.143. The van der Waals surface area contributed by atoms with E-state index in [-0.39, 0.29) is 11.4 Å². The molecule has 12 heavy (non-hydrogen) atoms. The molecular formula is C7H8F3PS. The molecule has 5 heteroatoms. The number of halogens is 3. The zero-order valence-electron chi connectivity index (χ0n) is 6.38. The van der Waals surface area contributed by atoms with Gasteiger partial charge in [0.2, 0.25) is 0 Å². The Balaban J connectivity index is 3.14. The van der Waals surface area contributed by atoms with Crippen LogP contribution in [0.15, 0.2) is 30.3 Å². The zero-order valence-corrected chi connectivity index (χ0v) is 8.09. The first-order valence-electron chi connectivity index (χ1n) is 3.23. The Morgan fingerprint density at radius 2 is 1.58 bits per heavy atom. The van der Waals surface area contributed by atoms with Crippen molar-refractivity contribution in [3.8, 4) is 0 Å². The van der Waals surface area contributed by atoms with E-state index in [1.807, 2.05) is 0 Å². The Hall–Kier alpha value is -0.210. The Morgan fingerprint density at radius 1 is 1.08 bits per heavy atom. The van der Waals surface area contributed by atoms with Crippen LogP contribution in [0.4, 0.5) is 12.6 Å². The van der Waals surface area contributed by atoms with Crippen molar-refractivity contribution in [2.75, 3.05) is 6.26 Å². The van der Waals surface area contributed by atoms with E-state index >= 15 is 0 Å². The van der Waals surface area contributed by atoms with Crippen LogP contribution < -0.4 is 5.30 Å². The molecule has 0 radical (unpaired) electrons. The van der Waals surface area contributed by atoms with Crippen molar-refractivity contribution in [1.29, 1.82) is 0 Å². The third-order valence-corrected chi connectivity index (χ3v) is 5.57. The van der Waals surface area contributed by atoms with Crippen molar-refractivity contribution < 1.29 is 12.6 Å². The summed E-state index contributed by atoms with van der Waals surface area (Å²) in [6.07, 6.45) is 1.09. The molecular weight excluding hydrogens is 204 g/mol. The molecule has 0 amide bonds. The Bertz CT molecular complexity index is 267. The average Bonchev–Trinajstić information content (AvgIpc) is 2.06. The first-order chi connectivity index (χ1) is 5.44. The van der Waals surface area contributed by atoms with Gasteiger partial charge in [0.15, 0.2) is 0 Å². The van der Waals surface area contributed by atoms with E-state index in [0.717, 1.165) is 18.4 Å². The van der Waals surface area contributed by atoms with Crippen molar-refractivity contribution in [3.05, 3.63) is 30.3 Å². The van der Waals surface area contributed by atoms with Gasteiger partial charge in [-0.2, -0.15) is 0 Å². The van der Waals surface area contributed by atoms with Gasteiger partial charge in [-0.3, -0.25) is 0 Å². The molecule has 0 bridgehead atoms. The van der Waals surface area contributed by atoms with Gasteiger partial charge in [-0.25, -0.2) is 0 Å². The van der Waals surface area contributed by atoms with Gasteiger partial charge in [0.25, 0.3) is 0 Å². The predicted octanol–water partition coefficient (Wildman–Crippen LogP) is 3.80. The average molecular weight is 212 g/mol. The predicted molar refractivity (Wildman–Crippen MR) is 49.8 cm³/mol. The van der Waals surface area contributed by atoms with Gasteiger partial charge in [0, 0.05) is 0 Å². The van der Waals surface area contributed by atoms with Crippen LogP contribution in [0.3, 0.4) is 0 Å². The van der Waals surface area contributed by atoms with E-state index in [0.29, 0.717) is 0 Å². The topological polar surface area (TPSA) is 0 Å². The summed E-state index contributed by atoms with van der Waals surface area (Å²) in [7, 11) is 0. The molecule has 68 valence electrons. The summed E-state index contributed by atoms with van der Waals surface area (Å²) in [5.74, 6) is 0. The Morgan fingerprint density at radius 3 is 2.00 bits per heavy atom. The maximum atomic E-state index is 13.0. The Labute approximate surface area is 73.2 Å². The van der Waals surface area contributed by atoms with E-state index in [2.05, 4.69) is 0 Å². The first kappa shape index (κ1) is 9.87. The van der Waals surface area contributed by atoms with Crippen LogP contribution in [0.25, 0.3) is 0 Å². The van der Waals surface area contributed by atoms with Gasteiger partial charge in [-0.1, -0.05) is 0 Å². The summed E-state index contributed by atoms with van der Waals surface area (Å²) in [5, 5.41) is -0.490. The summed E-state index contributed by atoms with van der Waals surface area (Å²) in [4.78, 5) is 0.